The molecule has 0 amide bonds. The van der Waals surface area contributed by atoms with Gasteiger partial charge in [0.05, 0.1) is 0 Å². The van der Waals surface area contributed by atoms with Crippen LogP contribution in [-0.2, 0) is 9.59 Å². The first-order valence-corrected chi connectivity index (χ1v) is 3.40. The summed E-state index contributed by atoms with van der Waals surface area (Å²) in [6.07, 6.45) is 2.34. The summed E-state index contributed by atoms with van der Waals surface area (Å²) in [5, 5.41) is 0. The maximum atomic E-state index is 10.9. The Morgan fingerprint density at radius 3 is 2.60 bits per heavy atom. The van der Waals surface area contributed by atoms with E-state index in [1.807, 2.05) is 13.8 Å². The summed E-state index contributed by atoms with van der Waals surface area (Å²) < 4.78 is 0. The third-order valence-electron chi connectivity index (χ3n) is 1.26. The minimum Gasteiger partial charge on any atom is -0.299 e. The van der Waals surface area contributed by atoms with Gasteiger partial charge in [-0.15, -0.1) is 0 Å². The second kappa shape index (κ2) is 4.95. The van der Waals surface area contributed by atoms with E-state index in [4.69, 9.17) is 0 Å². The van der Waals surface area contributed by atoms with Crippen LogP contribution in [0, 0.1) is 5.92 Å². The molecule has 0 fully saturated rings. The lowest BCUT2D eigenvalue weighted by Gasteiger charge is -1.98. The molecule has 0 aliphatic carbocycles. The van der Waals surface area contributed by atoms with Gasteiger partial charge in [-0.25, -0.2) is 4.79 Å². The van der Waals surface area contributed by atoms with Crippen molar-refractivity contribution in [1.82, 2.24) is 0 Å². The van der Waals surface area contributed by atoms with E-state index in [0.29, 0.717) is 12.8 Å². The molecule has 0 unspecified atom stereocenters. The van der Waals surface area contributed by atoms with E-state index in [2.05, 4.69) is 0 Å². The summed E-state index contributed by atoms with van der Waals surface area (Å²) in [4.78, 5) is 20.5. The molecule has 0 N–H and O–H groups in total. The van der Waals surface area contributed by atoms with Crippen molar-refractivity contribution in [1.29, 1.82) is 0 Å². The highest BCUT2D eigenvalue weighted by Gasteiger charge is 2.04. The van der Waals surface area contributed by atoms with Crippen molar-refractivity contribution >= 4 is 11.7 Å². The van der Waals surface area contributed by atoms with E-state index in [-0.39, 0.29) is 11.7 Å². The molecule has 0 atom stereocenters. The van der Waals surface area contributed by atoms with Gasteiger partial charge in [0.15, 0.2) is 0 Å². The first-order chi connectivity index (χ1) is 4.68. The van der Waals surface area contributed by atoms with Crippen molar-refractivity contribution in [3.05, 3.63) is 6.08 Å². The average molecular weight is 140 g/mol. The third kappa shape index (κ3) is 4.04. The molecule has 0 aliphatic heterocycles. The van der Waals surface area contributed by atoms with Crippen LogP contribution in [0.5, 0.6) is 0 Å². The maximum absolute atomic E-state index is 10.9. The highest BCUT2D eigenvalue weighted by Crippen LogP contribution is 2.00. The molecule has 0 saturated carbocycles. The van der Waals surface area contributed by atoms with Crippen LogP contribution < -0.4 is 0 Å². The minimum absolute atomic E-state index is 0.0834. The number of hydrogen-bond donors (Lipinski definition) is 0. The summed E-state index contributed by atoms with van der Waals surface area (Å²) >= 11 is 0. The summed E-state index contributed by atoms with van der Waals surface area (Å²) in [6, 6.07) is 0. The quantitative estimate of drug-likeness (QED) is 0.553. The summed E-state index contributed by atoms with van der Waals surface area (Å²) in [7, 11) is 0. The number of allylic oxidation sites excluding steroid dienone is 1. The van der Waals surface area contributed by atoms with Crippen LogP contribution in [0.3, 0.4) is 0 Å². The first kappa shape index (κ1) is 9.12. The molecule has 0 saturated heterocycles. The summed E-state index contributed by atoms with van der Waals surface area (Å²) in [6.45, 7) is 3.71. The van der Waals surface area contributed by atoms with Gasteiger partial charge in [-0.05, 0) is 6.42 Å². The van der Waals surface area contributed by atoms with E-state index < -0.39 is 0 Å². The van der Waals surface area contributed by atoms with Gasteiger partial charge in [0.2, 0.25) is 0 Å². The molecule has 0 aromatic carbocycles. The van der Waals surface area contributed by atoms with E-state index >= 15 is 0 Å². The molecular weight excluding hydrogens is 128 g/mol. The van der Waals surface area contributed by atoms with Gasteiger partial charge in [-0.2, -0.15) is 0 Å². The Bertz CT molecular complexity index is 153. The molecule has 2 heteroatoms. The van der Waals surface area contributed by atoms with Gasteiger partial charge in [-0.1, -0.05) is 13.8 Å². The van der Waals surface area contributed by atoms with Crippen LogP contribution in [0.1, 0.15) is 26.7 Å². The molecular formula is C8H12O2. The predicted molar refractivity (Wildman–Crippen MR) is 39.3 cm³/mol. The Labute approximate surface area is 60.9 Å². The highest BCUT2D eigenvalue weighted by atomic mass is 16.1. The minimum atomic E-state index is 0.0834. The Morgan fingerprint density at radius 1 is 1.60 bits per heavy atom. The van der Waals surface area contributed by atoms with Crippen LogP contribution in [0.4, 0.5) is 0 Å². The fourth-order valence-corrected chi connectivity index (χ4v) is 0.562. The lowest BCUT2D eigenvalue weighted by atomic mass is 10.1. The van der Waals surface area contributed by atoms with Crippen molar-refractivity contribution in [3.63, 3.8) is 0 Å². The van der Waals surface area contributed by atoms with E-state index in [1.165, 1.54) is 6.08 Å². The molecule has 0 rings (SSSR count). The van der Waals surface area contributed by atoms with E-state index in [9.17, 15) is 9.59 Å². The van der Waals surface area contributed by atoms with Crippen molar-refractivity contribution in [2.24, 2.45) is 5.92 Å². The highest BCUT2D eigenvalue weighted by molar-refractivity contribution is 5.80. The smallest absolute Gasteiger partial charge is 0.135 e. The van der Waals surface area contributed by atoms with Crippen LogP contribution in [0.25, 0.3) is 0 Å². The first-order valence-electron chi connectivity index (χ1n) is 3.40. The number of carbonyl (C=O) groups is 1. The molecule has 0 spiro atoms. The van der Waals surface area contributed by atoms with Gasteiger partial charge >= 0.3 is 0 Å². The van der Waals surface area contributed by atoms with Crippen molar-refractivity contribution in [2.45, 2.75) is 26.7 Å². The molecule has 10 heavy (non-hydrogen) atoms. The monoisotopic (exact) mass is 140 g/mol. The van der Waals surface area contributed by atoms with Crippen LogP contribution in [-0.4, -0.2) is 11.7 Å². The van der Waals surface area contributed by atoms with Crippen molar-refractivity contribution < 1.29 is 9.59 Å². The zero-order valence-electron chi connectivity index (χ0n) is 6.39. The second-order valence-corrected chi connectivity index (χ2v) is 2.48. The summed E-state index contributed by atoms with van der Waals surface area (Å²) in [5.41, 5.74) is 0. The third-order valence-corrected chi connectivity index (χ3v) is 1.26. The molecule has 0 radical (unpaired) electrons. The van der Waals surface area contributed by atoms with Gasteiger partial charge < -0.3 is 0 Å². The fraction of sp³-hybridized carbons (Fsp3) is 0.625. The van der Waals surface area contributed by atoms with Crippen molar-refractivity contribution in [2.75, 3.05) is 0 Å². The van der Waals surface area contributed by atoms with E-state index in [1.54, 1.807) is 5.94 Å². The van der Waals surface area contributed by atoms with Gasteiger partial charge in [0.1, 0.15) is 11.7 Å². The molecule has 2 nitrogen and oxygen atoms in total. The Morgan fingerprint density at radius 2 is 2.20 bits per heavy atom. The van der Waals surface area contributed by atoms with Crippen LogP contribution >= 0.6 is 0 Å². The molecule has 0 aliphatic rings. The average Bonchev–Trinajstić information content (AvgIpc) is 1.88. The normalized spacial score (nSPS) is 9.10. The van der Waals surface area contributed by atoms with Crippen molar-refractivity contribution in [3.8, 4) is 0 Å². The molecule has 56 valence electrons. The largest absolute Gasteiger partial charge is 0.299 e. The molecule has 0 heterocycles. The molecule has 0 aromatic rings. The lowest BCUT2D eigenvalue weighted by Crippen LogP contribution is -2.05. The van der Waals surface area contributed by atoms with Gasteiger partial charge in [0.25, 0.3) is 0 Å². The Hall–Kier alpha value is -0.880. The zero-order chi connectivity index (χ0) is 7.98. The number of hydrogen-bond acceptors (Lipinski definition) is 2. The van der Waals surface area contributed by atoms with Crippen LogP contribution in [0.2, 0.25) is 0 Å². The SMILES string of the molecule is CC(C)C(=O)CCC=C=O. The predicted octanol–water partition coefficient (Wildman–Crippen LogP) is 1.38. The number of carbonyl (C=O) groups excluding carboxylic acids is 2. The number of rotatable bonds is 4. The maximum Gasteiger partial charge on any atom is 0.135 e. The van der Waals surface area contributed by atoms with Crippen LogP contribution in [0.15, 0.2) is 6.08 Å². The lowest BCUT2D eigenvalue weighted by molar-refractivity contribution is -0.121. The Kier molecular flexibility index (Phi) is 4.51. The molecule has 0 aromatic heterocycles. The van der Waals surface area contributed by atoms with Gasteiger partial charge in [0, 0.05) is 18.4 Å². The topological polar surface area (TPSA) is 34.1 Å². The molecule has 0 bridgehead atoms. The Balaban J connectivity index is 3.49. The number of ketones is 1. The summed E-state index contributed by atoms with van der Waals surface area (Å²) in [5.74, 6) is 1.92. The fourth-order valence-electron chi connectivity index (χ4n) is 0.562. The standard InChI is InChI=1S/C8H12O2/c1-7(2)8(10)5-3-4-6-9/h4,7H,3,5H2,1-2H3. The second-order valence-electron chi connectivity index (χ2n) is 2.48. The van der Waals surface area contributed by atoms with E-state index in [0.717, 1.165) is 0 Å². The number of Topliss-reactive ketones (excluding diaryl/α,β-unsaturated/α-hetero) is 1. The zero-order valence-corrected chi connectivity index (χ0v) is 6.39. The van der Waals surface area contributed by atoms with Gasteiger partial charge in [-0.3, -0.25) is 4.79 Å².